The summed E-state index contributed by atoms with van der Waals surface area (Å²) in [5.74, 6) is 0.190. The second-order valence-electron chi connectivity index (χ2n) is 10.8. The Bertz CT molecular complexity index is 1490. The highest BCUT2D eigenvalue weighted by molar-refractivity contribution is 9.10. The number of sulfonamides is 1. The number of amides is 2. The number of anilines is 1. The highest BCUT2D eigenvalue weighted by Crippen LogP contribution is 2.30. The molecule has 1 N–H and O–H groups in total. The summed E-state index contributed by atoms with van der Waals surface area (Å²) in [4.78, 5) is 29.2. The minimum Gasteiger partial charge on any atom is -0.495 e. The molecule has 232 valence electrons. The molecule has 3 aromatic carbocycles. The van der Waals surface area contributed by atoms with Gasteiger partial charge in [-0.25, -0.2) is 8.42 Å². The lowest BCUT2D eigenvalue weighted by molar-refractivity contribution is -0.141. The first-order valence-electron chi connectivity index (χ1n) is 14.1. The number of benzene rings is 3. The van der Waals surface area contributed by atoms with Crippen LogP contribution in [0, 0.1) is 5.92 Å². The van der Waals surface area contributed by atoms with Crippen molar-refractivity contribution in [1.29, 1.82) is 0 Å². The van der Waals surface area contributed by atoms with Gasteiger partial charge in [-0.3, -0.25) is 13.9 Å². The molecule has 3 aromatic rings. The van der Waals surface area contributed by atoms with E-state index in [2.05, 4.69) is 21.2 Å². The highest BCUT2D eigenvalue weighted by Gasteiger charge is 2.30. The predicted molar refractivity (Wildman–Crippen MR) is 176 cm³/mol. The number of carbonyl (C=O) groups excluding carboxylic acids is 2. The fourth-order valence-electron chi connectivity index (χ4n) is 4.62. The van der Waals surface area contributed by atoms with Gasteiger partial charge in [-0.05, 0) is 53.8 Å². The van der Waals surface area contributed by atoms with E-state index in [1.54, 1.807) is 17.0 Å². The number of methoxy groups -OCH3 is 1. The molecule has 8 nitrogen and oxygen atoms in total. The Hall–Kier alpha value is -3.08. The zero-order valence-corrected chi connectivity index (χ0v) is 28.1. The third-order valence-corrected chi connectivity index (χ3v) is 8.76. The smallest absolute Gasteiger partial charge is 0.243 e. The molecule has 0 radical (unpaired) electrons. The van der Waals surface area contributed by atoms with Gasteiger partial charge >= 0.3 is 0 Å². The molecule has 0 aromatic heterocycles. The van der Waals surface area contributed by atoms with E-state index < -0.39 is 16.1 Å². The zero-order chi connectivity index (χ0) is 31.6. The van der Waals surface area contributed by atoms with E-state index in [1.807, 2.05) is 68.4 Å². The number of hydrogen-bond acceptors (Lipinski definition) is 5. The van der Waals surface area contributed by atoms with Gasteiger partial charge < -0.3 is 15.0 Å². The number of ether oxygens (including phenoxy) is 1. The Labute approximate surface area is 268 Å². The van der Waals surface area contributed by atoms with Crippen LogP contribution in [-0.4, -0.2) is 57.6 Å². The molecule has 0 aliphatic rings. The maximum absolute atomic E-state index is 13.9. The number of hydrogen-bond donors (Lipinski definition) is 1. The summed E-state index contributed by atoms with van der Waals surface area (Å²) in [6.07, 6.45) is 1.72. The topological polar surface area (TPSA) is 96.0 Å². The van der Waals surface area contributed by atoms with Crippen LogP contribution in [0.15, 0.2) is 77.3 Å². The molecule has 0 saturated carbocycles. The maximum atomic E-state index is 13.9. The SMILES string of the molecule is COc1ccc(N(CCCC(=O)N(Cc2cccc(Br)c2)C(Cc2ccccc2)C(=O)NCC(C)C)S(C)(=O)=O)cc1Cl. The number of nitrogens with one attached hydrogen (secondary N) is 1. The van der Waals surface area contributed by atoms with Crippen molar-refractivity contribution in [2.45, 2.75) is 45.7 Å². The van der Waals surface area contributed by atoms with Gasteiger partial charge in [0.1, 0.15) is 11.8 Å². The molecule has 11 heteroatoms. The molecule has 0 aliphatic heterocycles. The van der Waals surface area contributed by atoms with Crippen LogP contribution in [0.5, 0.6) is 5.75 Å². The van der Waals surface area contributed by atoms with Crippen LogP contribution in [0.2, 0.25) is 5.02 Å². The lowest BCUT2D eigenvalue weighted by Gasteiger charge is -2.32. The van der Waals surface area contributed by atoms with Gasteiger partial charge in [-0.2, -0.15) is 0 Å². The minimum absolute atomic E-state index is 0.0344. The van der Waals surface area contributed by atoms with Crippen LogP contribution in [0.3, 0.4) is 0 Å². The Kier molecular flexibility index (Phi) is 12.9. The normalized spacial score (nSPS) is 12.1. The molecule has 43 heavy (non-hydrogen) atoms. The summed E-state index contributed by atoms with van der Waals surface area (Å²) in [7, 11) is -2.19. The van der Waals surface area contributed by atoms with Crippen molar-refractivity contribution in [3.8, 4) is 5.75 Å². The largest absolute Gasteiger partial charge is 0.495 e. The monoisotopic (exact) mass is 691 g/mol. The molecule has 0 aliphatic carbocycles. The van der Waals surface area contributed by atoms with E-state index in [0.717, 1.165) is 21.9 Å². The summed E-state index contributed by atoms with van der Waals surface area (Å²) >= 11 is 9.77. The first kappa shape index (κ1) is 34.4. The van der Waals surface area contributed by atoms with Crippen molar-refractivity contribution in [3.63, 3.8) is 0 Å². The van der Waals surface area contributed by atoms with Crippen LogP contribution < -0.4 is 14.4 Å². The molecular weight excluding hydrogens is 654 g/mol. The Balaban J connectivity index is 1.89. The second-order valence-corrected chi connectivity index (χ2v) is 14.0. The van der Waals surface area contributed by atoms with Crippen LogP contribution >= 0.6 is 27.5 Å². The number of halogens is 2. The van der Waals surface area contributed by atoms with Gasteiger partial charge in [0.15, 0.2) is 0 Å². The van der Waals surface area contributed by atoms with Crippen molar-refractivity contribution in [3.05, 3.63) is 93.4 Å². The summed E-state index contributed by atoms with van der Waals surface area (Å²) in [6.45, 7) is 4.78. The lowest BCUT2D eigenvalue weighted by atomic mass is 10.0. The third-order valence-electron chi connectivity index (χ3n) is 6.77. The van der Waals surface area contributed by atoms with Crippen LogP contribution in [0.25, 0.3) is 0 Å². The predicted octanol–water partition coefficient (Wildman–Crippen LogP) is 6.07. The first-order valence-corrected chi connectivity index (χ1v) is 17.1. The zero-order valence-electron chi connectivity index (χ0n) is 24.9. The Morgan fingerprint density at radius 1 is 1.00 bits per heavy atom. The summed E-state index contributed by atoms with van der Waals surface area (Å²) in [5, 5.41) is 3.29. The maximum Gasteiger partial charge on any atom is 0.243 e. The molecule has 0 spiro atoms. The molecule has 2 amide bonds. The Morgan fingerprint density at radius 3 is 2.30 bits per heavy atom. The van der Waals surface area contributed by atoms with Gasteiger partial charge in [0.25, 0.3) is 0 Å². The number of nitrogens with zero attached hydrogens (tertiary/aromatic N) is 2. The first-order chi connectivity index (χ1) is 20.4. The van der Waals surface area contributed by atoms with E-state index in [1.165, 1.54) is 17.5 Å². The van der Waals surface area contributed by atoms with Crippen LogP contribution in [0.4, 0.5) is 5.69 Å². The quantitative estimate of drug-likeness (QED) is 0.209. The van der Waals surface area contributed by atoms with E-state index >= 15 is 0 Å². The number of carbonyl (C=O) groups is 2. The second kappa shape index (κ2) is 16.1. The Morgan fingerprint density at radius 2 is 1.70 bits per heavy atom. The summed E-state index contributed by atoms with van der Waals surface area (Å²) < 4.78 is 32.7. The van der Waals surface area contributed by atoms with E-state index in [9.17, 15) is 18.0 Å². The molecule has 3 rings (SSSR count). The van der Waals surface area contributed by atoms with Gasteiger partial charge in [-0.1, -0.05) is 83.8 Å². The van der Waals surface area contributed by atoms with Crippen molar-refractivity contribution >= 4 is 55.1 Å². The minimum atomic E-state index is -3.67. The average Bonchev–Trinajstić information content (AvgIpc) is 2.95. The van der Waals surface area contributed by atoms with E-state index in [4.69, 9.17) is 16.3 Å². The van der Waals surface area contributed by atoms with Crippen molar-refractivity contribution in [1.82, 2.24) is 10.2 Å². The molecular formula is C32H39BrClN3O5S. The van der Waals surface area contributed by atoms with Gasteiger partial charge in [0, 0.05) is 36.9 Å². The average molecular weight is 693 g/mol. The van der Waals surface area contributed by atoms with Crippen LogP contribution in [0.1, 0.15) is 37.8 Å². The molecule has 0 saturated heterocycles. The summed E-state index contributed by atoms with van der Waals surface area (Å²) in [5.41, 5.74) is 2.17. The number of rotatable bonds is 15. The lowest BCUT2D eigenvalue weighted by Crippen LogP contribution is -2.51. The molecule has 0 bridgehead atoms. The molecule has 1 atom stereocenters. The van der Waals surface area contributed by atoms with Gasteiger partial charge in [0.05, 0.1) is 24.1 Å². The van der Waals surface area contributed by atoms with Crippen molar-refractivity contribution in [2.75, 3.05) is 30.8 Å². The fraction of sp³-hybridized carbons (Fsp3) is 0.375. The van der Waals surface area contributed by atoms with Crippen LogP contribution in [-0.2, 0) is 32.6 Å². The highest BCUT2D eigenvalue weighted by atomic mass is 79.9. The molecule has 0 heterocycles. The molecule has 1 unspecified atom stereocenters. The molecule has 0 fully saturated rings. The third kappa shape index (κ3) is 10.5. The summed E-state index contributed by atoms with van der Waals surface area (Å²) in [6, 6.07) is 21.2. The fourth-order valence-corrected chi connectivity index (χ4v) is 6.28. The van der Waals surface area contributed by atoms with Gasteiger partial charge in [-0.15, -0.1) is 0 Å². The standard InChI is InChI=1S/C32H39BrClN3O5S/c1-23(2)21-35-32(39)29(19-24-10-6-5-7-11-24)36(22-25-12-8-13-26(33)18-25)31(38)14-9-17-37(43(4,40)41)27-15-16-30(42-3)28(34)20-27/h5-8,10-13,15-16,18,20,23,29H,9,14,17,19,21-22H2,1-4H3,(H,35,39). The van der Waals surface area contributed by atoms with Crippen molar-refractivity contribution in [2.24, 2.45) is 5.92 Å². The van der Waals surface area contributed by atoms with E-state index in [-0.39, 0.29) is 48.7 Å². The van der Waals surface area contributed by atoms with E-state index in [0.29, 0.717) is 24.4 Å². The van der Waals surface area contributed by atoms with Crippen molar-refractivity contribution < 1.29 is 22.7 Å². The van der Waals surface area contributed by atoms with Gasteiger partial charge in [0.2, 0.25) is 21.8 Å².